The number of nitrogens with zero attached hydrogens (tertiary/aromatic N) is 1. The summed E-state index contributed by atoms with van der Waals surface area (Å²) in [5.41, 5.74) is 2.71. The van der Waals surface area contributed by atoms with E-state index < -0.39 is 0 Å². The lowest BCUT2D eigenvalue weighted by atomic mass is 10.2. The van der Waals surface area contributed by atoms with Gasteiger partial charge < -0.3 is 10.6 Å². The maximum absolute atomic E-state index is 11.8. The number of aromatic nitrogens is 1. The summed E-state index contributed by atoms with van der Waals surface area (Å²) < 4.78 is 0. The molecule has 5 nitrogen and oxygen atoms in total. The van der Waals surface area contributed by atoms with Gasteiger partial charge in [-0.05, 0) is 36.2 Å². The van der Waals surface area contributed by atoms with Crippen LogP contribution in [0.3, 0.4) is 0 Å². The summed E-state index contributed by atoms with van der Waals surface area (Å²) in [6.07, 6.45) is 3.83. The van der Waals surface area contributed by atoms with Gasteiger partial charge in [0.25, 0.3) is 0 Å². The second-order valence-electron chi connectivity index (χ2n) is 5.06. The number of rotatable bonds is 6. The van der Waals surface area contributed by atoms with E-state index in [0.29, 0.717) is 6.54 Å². The van der Waals surface area contributed by atoms with Crippen LogP contribution >= 0.6 is 0 Å². The monoisotopic (exact) mass is 297 g/mol. The van der Waals surface area contributed by atoms with Crippen LogP contribution in [0.15, 0.2) is 48.8 Å². The fourth-order valence-corrected chi connectivity index (χ4v) is 2.01. The highest BCUT2D eigenvalue weighted by molar-refractivity contribution is 5.91. The number of amides is 2. The lowest BCUT2D eigenvalue weighted by Gasteiger charge is -2.07. The number of hydrogen-bond donors (Lipinski definition) is 2. The number of carbonyl (C=O) groups excluding carboxylic acids is 2. The van der Waals surface area contributed by atoms with E-state index in [1.165, 1.54) is 0 Å². The molecular formula is C17H19N3O2. The molecule has 0 aliphatic heterocycles. The summed E-state index contributed by atoms with van der Waals surface area (Å²) in [6, 6.07) is 11.2. The Kier molecular flexibility index (Phi) is 5.65. The zero-order chi connectivity index (χ0) is 15.8. The summed E-state index contributed by atoms with van der Waals surface area (Å²) in [6.45, 7) is 2.28. The molecule has 0 bridgehead atoms. The van der Waals surface area contributed by atoms with Crippen molar-refractivity contribution in [3.63, 3.8) is 0 Å². The van der Waals surface area contributed by atoms with Gasteiger partial charge in [0.05, 0.1) is 6.42 Å². The first kappa shape index (κ1) is 15.7. The predicted molar refractivity (Wildman–Crippen MR) is 85.4 cm³/mol. The average molecular weight is 297 g/mol. The van der Waals surface area contributed by atoms with Gasteiger partial charge in [0, 0.05) is 31.0 Å². The van der Waals surface area contributed by atoms with Crippen LogP contribution in [0.2, 0.25) is 0 Å². The van der Waals surface area contributed by atoms with Crippen LogP contribution in [0.1, 0.15) is 17.5 Å². The molecule has 1 aromatic heterocycles. The van der Waals surface area contributed by atoms with E-state index in [1.807, 2.05) is 37.3 Å². The van der Waals surface area contributed by atoms with Crippen LogP contribution in [0.25, 0.3) is 0 Å². The second kappa shape index (κ2) is 7.93. The lowest BCUT2D eigenvalue weighted by Crippen LogP contribution is -2.28. The molecule has 1 heterocycles. The van der Waals surface area contributed by atoms with Crippen LogP contribution < -0.4 is 10.6 Å². The SMILES string of the molecule is Cc1cccc(NC(=O)CCNC(=O)Cc2cccnc2)c1. The Balaban J connectivity index is 1.69. The molecule has 22 heavy (non-hydrogen) atoms. The molecule has 0 fully saturated rings. The topological polar surface area (TPSA) is 71.1 Å². The normalized spacial score (nSPS) is 10.0. The van der Waals surface area contributed by atoms with E-state index >= 15 is 0 Å². The minimum absolute atomic E-state index is 0.114. The van der Waals surface area contributed by atoms with Gasteiger partial charge in [-0.1, -0.05) is 18.2 Å². The Morgan fingerprint density at radius 1 is 1.14 bits per heavy atom. The number of aryl methyl sites for hydroxylation is 1. The van der Waals surface area contributed by atoms with E-state index in [2.05, 4.69) is 15.6 Å². The van der Waals surface area contributed by atoms with Crippen molar-refractivity contribution in [2.24, 2.45) is 0 Å². The molecule has 2 rings (SSSR count). The number of anilines is 1. The molecule has 1 aromatic carbocycles. The summed E-state index contributed by atoms with van der Waals surface area (Å²) >= 11 is 0. The summed E-state index contributed by atoms with van der Waals surface area (Å²) in [7, 11) is 0. The summed E-state index contributed by atoms with van der Waals surface area (Å²) in [5.74, 6) is -0.233. The molecule has 0 spiro atoms. The van der Waals surface area contributed by atoms with Crippen molar-refractivity contribution in [3.8, 4) is 0 Å². The van der Waals surface area contributed by atoms with Gasteiger partial charge in [0.1, 0.15) is 0 Å². The fraction of sp³-hybridized carbons (Fsp3) is 0.235. The number of benzene rings is 1. The van der Waals surface area contributed by atoms with E-state index in [4.69, 9.17) is 0 Å². The molecule has 0 unspecified atom stereocenters. The van der Waals surface area contributed by atoms with E-state index in [-0.39, 0.29) is 24.7 Å². The van der Waals surface area contributed by atoms with Gasteiger partial charge in [-0.3, -0.25) is 14.6 Å². The summed E-state index contributed by atoms with van der Waals surface area (Å²) in [4.78, 5) is 27.5. The molecule has 2 amide bonds. The Hall–Kier alpha value is -2.69. The first-order chi connectivity index (χ1) is 10.6. The van der Waals surface area contributed by atoms with Crippen molar-refractivity contribution in [3.05, 3.63) is 59.9 Å². The van der Waals surface area contributed by atoms with Gasteiger partial charge in [-0.2, -0.15) is 0 Å². The van der Waals surface area contributed by atoms with Gasteiger partial charge in [-0.15, -0.1) is 0 Å². The molecule has 2 N–H and O–H groups in total. The Morgan fingerprint density at radius 2 is 2.00 bits per heavy atom. The van der Waals surface area contributed by atoms with Gasteiger partial charge in [-0.25, -0.2) is 0 Å². The van der Waals surface area contributed by atoms with Gasteiger partial charge in [0.2, 0.25) is 11.8 Å². The highest BCUT2D eigenvalue weighted by Crippen LogP contribution is 2.09. The van der Waals surface area contributed by atoms with E-state index in [1.54, 1.807) is 18.5 Å². The third-order valence-electron chi connectivity index (χ3n) is 3.06. The van der Waals surface area contributed by atoms with Gasteiger partial charge >= 0.3 is 0 Å². The molecule has 0 saturated heterocycles. The molecule has 0 atom stereocenters. The predicted octanol–water partition coefficient (Wildman–Crippen LogP) is 2.08. The number of nitrogens with one attached hydrogen (secondary N) is 2. The highest BCUT2D eigenvalue weighted by Gasteiger charge is 2.06. The molecule has 2 aromatic rings. The lowest BCUT2D eigenvalue weighted by molar-refractivity contribution is -0.120. The zero-order valence-electron chi connectivity index (χ0n) is 12.5. The molecule has 0 radical (unpaired) electrons. The fourth-order valence-electron chi connectivity index (χ4n) is 2.01. The van der Waals surface area contributed by atoms with Crippen LogP contribution in [-0.2, 0) is 16.0 Å². The minimum atomic E-state index is -0.118. The molecule has 5 heteroatoms. The Bertz CT molecular complexity index is 641. The van der Waals surface area contributed by atoms with Crippen molar-refractivity contribution in [1.82, 2.24) is 10.3 Å². The Labute approximate surface area is 129 Å². The Morgan fingerprint density at radius 3 is 2.73 bits per heavy atom. The minimum Gasteiger partial charge on any atom is -0.355 e. The molecule has 0 aliphatic rings. The van der Waals surface area contributed by atoms with E-state index in [0.717, 1.165) is 16.8 Å². The number of pyridine rings is 1. The van der Waals surface area contributed by atoms with Crippen molar-refractivity contribution in [2.45, 2.75) is 19.8 Å². The summed E-state index contributed by atoms with van der Waals surface area (Å²) in [5, 5.41) is 5.54. The largest absolute Gasteiger partial charge is 0.355 e. The first-order valence-corrected chi connectivity index (χ1v) is 7.15. The van der Waals surface area contributed by atoms with Crippen molar-refractivity contribution in [1.29, 1.82) is 0 Å². The van der Waals surface area contributed by atoms with Gasteiger partial charge in [0.15, 0.2) is 0 Å². The van der Waals surface area contributed by atoms with E-state index in [9.17, 15) is 9.59 Å². The third kappa shape index (κ3) is 5.36. The standard InChI is InChI=1S/C17H19N3O2/c1-13-4-2-6-15(10-13)20-16(21)7-9-19-17(22)11-14-5-3-8-18-12-14/h2-6,8,10,12H,7,9,11H2,1H3,(H,19,22)(H,20,21). The number of carbonyl (C=O) groups is 2. The quantitative estimate of drug-likeness (QED) is 0.857. The zero-order valence-corrected chi connectivity index (χ0v) is 12.5. The van der Waals surface area contributed by atoms with Crippen LogP contribution in [0.5, 0.6) is 0 Å². The molecule has 0 aliphatic carbocycles. The van der Waals surface area contributed by atoms with Crippen molar-refractivity contribution >= 4 is 17.5 Å². The molecule has 114 valence electrons. The molecule has 0 saturated carbocycles. The van der Waals surface area contributed by atoms with Crippen LogP contribution in [0, 0.1) is 6.92 Å². The number of hydrogen-bond acceptors (Lipinski definition) is 3. The van der Waals surface area contributed by atoms with Crippen LogP contribution in [-0.4, -0.2) is 23.3 Å². The maximum Gasteiger partial charge on any atom is 0.226 e. The van der Waals surface area contributed by atoms with Crippen LogP contribution in [0.4, 0.5) is 5.69 Å². The van der Waals surface area contributed by atoms with Crippen molar-refractivity contribution < 1.29 is 9.59 Å². The highest BCUT2D eigenvalue weighted by atomic mass is 16.2. The average Bonchev–Trinajstić information content (AvgIpc) is 2.48. The second-order valence-corrected chi connectivity index (χ2v) is 5.06. The molecular weight excluding hydrogens is 278 g/mol. The third-order valence-corrected chi connectivity index (χ3v) is 3.06. The smallest absolute Gasteiger partial charge is 0.226 e. The maximum atomic E-state index is 11.8. The van der Waals surface area contributed by atoms with Crippen molar-refractivity contribution in [2.75, 3.05) is 11.9 Å². The first-order valence-electron chi connectivity index (χ1n) is 7.15.